The third-order valence-corrected chi connectivity index (χ3v) is 4.99. The molecule has 0 aromatic rings. The lowest BCUT2D eigenvalue weighted by Crippen LogP contribution is -2.58. The topological polar surface area (TPSA) is 171 Å². The molecular weight excluding hydrogens is 404 g/mol. The van der Waals surface area contributed by atoms with Crippen LogP contribution in [0.2, 0.25) is 0 Å². The SMILES string of the molecule is CCC(C)C(NC(=O)C(CC(C)C)NC(=O)C(CC(C)C)NC(=O)C(N)CO)C(=O)O. The van der Waals surface area contributed by atoms with E-state index in [0.717, 1.165) is 0 Å². The average Bonchev–Trinajstić information content (AvgIpc) is 2.68. The van der Waals surface area contributed by atoms with Crippen LogP contribution in [0.5, 0.6) is 0 Å². The van der Waals surface area contributed by atoms with Crippen LogP contribution in [0.1, 0.15) is 60.8 Å². The third kappa shape index (κ3) is 10.6. The molecule has 0 rings (SSSR count). The van der Waals surface area contributed by atoms with Crippen molar-refractivity contribution in [3.8, 4) is 0 Å². The first-order valence-corrected chi connectivity index (χ1v) is 10.8. The summed E-state index contributed by atoms with van der Waals surface area (Å²) < 4.78 is 0. The van der Waals surface area contributed by atoms with Crippen LogP contribution in [-0.4, -0.2) is 64.7 Å². The Labute approximate surface area is 184 Å². The van der Waals surface area contributed by atoms with Crippen LogP contribution in [0.3, 0.4) is 0 Å². The van der Waals surface area contributed by atoms with Gasteiger partial charge in [-0.3, -0.25) is 14.4 Å². The van der Waals surface area contributed by atoms with E-state index in [-0.39, 0.29) is 17.8 Å². The van der Waals surface area contributed by atoms with Crippen molar-refractivity contribution in [2.75, 3.05) is 6.61 Å². The number of nitrogens with one attached hydrogen (secondary N) is 3. The highest BCUT2D eigenvalue weighted by atomic mass is 16.4. The van der Waals surface area contributed by atoms with Crippen molar-refractivity contribution in [1.29, 1.82) is 0 Å². The molecule has 0 aromatic carbocycles. The Morgan fingerprint density at radius 3 is 1.58 bits per heavy atom. The van der Waals surface area contributed by atoms with E-state index < -0.39 is 54.5 Å². The predicted molar refractivity (Wildman–Crippen MR) is 117 cm³/mol. The van der Waals surface area contributed by atoms with Crippen LogP contribution in [0.4, 0.5) is 0 Å². The molecule has 0 aliphatic heterocycles. The number of nitrogens with two attached hydrogens (primary N) is 1. The van der Waals surface area contributed by atoms with Crippen molar-refractivity contribution in [2.45, 2.75) is 85.0 Å². The monoisotopic (exact) mass is 444 g/mol. The zero-order valence-electron chi connectivity index (χ0n) is 19.5. The van der Waals surface area contributed by atoms with Gasteiger partial charge in [-0.1, -0.05) is 48.0 Å². The van der Waals surface area contributed by atoms with Crippen molar-refractivity contribution in [1.82, 2.24) is 16.0 Å². The lowest BCUT2D eigenvalue weighted by atomic mass is 9.97. The van der Waals surface area contributed by atoms with E-state index in [9.17, 15) is 24.3 Å². The predicted octanol–water partition coefficient (Wildman–Crippen LogP) is -0.0167. The number of amides is 3. The number of carboxylic acid groups (broad SMARTS) is 1. The minimum Gasteiger partial charge on any atom is -0.480 e. The van der Waals surface area contributed by atoms with Crippen molar-refractivity contribution in [3.05, 3.63) is 0 Å². The zero-order chi connectivity index (χ0) is 24.3. The maximum atomic E-state index is 12.9. The lowest BCUT2D eigenvalue weighted by Gasteiger charge is -2.27. The highest BCUT2D eigenvalue weighted by Crippen LogP contribution is 2.12. The van der Waals surface area contributed by atoms with E-state index in [1.54, 1.807) is 6.92 Å². The van der Waals surface area contributed by atoms with Crippen LogP contribution in [0.25, 0.3) is 0 Å². The number of rotatable bonds is 14. The third-order valence-electron chi connectivity index (χ3n) is 4.99. The molecule has 10 heteroatoms. The van der Waals surface area contributed by atoms with Gasteiger partial charge in [0.05, 0.1) is 6.61 Å². The maximum absolute atomic E-state index is 12.9. The zero-order valence-corrected chi connectivity index (χ0v) is 19.5. The molecule has 0 bridgehead atoms. The number of hydrogen-bond donors (Lipinski definition) is 6. The molecule has 0 aromatic heterocycles. The Morgan fingerprint density at radius 2 is 1.23 bits per heavy atom. The Bertz CT molecular complexity index is 611. The Balaban J connectivity index is 5.51. The van der Waals surface area contributed by atoms with Gasteiger partial charge in [0.15, 0.2) is 0 Å². The molecule has 31 heavy (non-hydrogen) atoms. The van der Waals surface area contributed by atoms with Gasteiger partial charge in [0.1, 0.15) is 24.2 Å². The number of aliphatic carboxylic acids is 1. The molecule has 0 spiro atoms. The minimum atomic E-state index is -1.16. The standard InChI is InChI=1S/C21H40N4O6/c1-7-13(6)17(21(30)31)25-20(29)16(9-12(4)5)24-19(28)15(8-11(2)3)23-18(27)14(22)10-26/h11-17,26H,7-10,22H2,1-6H3,(H,23,27)(H,24,28)(H,25,29)(H,30,31). The van der Waals surface area contributed by atoms with E-state index in [0.29, 0.717) is 19.3 Å². The van der Waals surface area contributed by atoms with Crippen LogP contribution in [0.15, 0.2) is 0 Å². The molecule has 3 amide bonds. The average molecular weight is 445 g/mol. The summed E-state index contributed by atoms with van der Waals surface area (Å²) >= 11 is 0. The molecule has 0 fully saturated rings. The van der Waals surface area contributed by atoms with Gasteiger partial charge in [-0.25, -0.2) is 4.79 Å². The van der Waals surface area contributed by atoms with Crippen molar-refractivity contribution in [2.24, 2.45) is 23.5 Å². The van der Waals surface area contributed by atoms with Crippen LogP contribution in [-0.2, 0) is 19.2 Å². The Kier molecular flexibility index (Phi) is 13.0. The molecule has 0 radical (unpaired) electrons. The van der Waals surface area contributed by atoms with Gasteiger partial charge in [-0.2, -0.15) is 0 Å². The van der Waals surface area contributed by atoms with Gasteiger partial charge in [-0.05, 0) is 30.6 Å². The fraction of sp³-hybridized carbons (Fsp3) is 0.810. The summed E-state index contributed by atoms with van der Waals surface area (Å²) in [5, 5.41) is 26.2. The molecule has 0 saturated carbocycles. The molecule has 7 N–H and O–H groups in total. The first-order valence-electron chi connectivity index (χ1n) is 10.8. The van der Waals surface area contributed by atoms with Gasteiger partial charge < -0.3 is 31.9 Å². The van der Waals surface area contributed by atoms with E-state index in [1.807, 2.05) is 34.6 Å². The number of carbonyl (C=O) groups is 4. The van der Waals surface area contributed by atoms with Crippen LogP contribution in [0, 0.1) is 17.8 Å². The molecule has 0 heterocycles. The van der Waals surface area contributed by atoms with Gasteiger partial charge in [0.25, 0.3) is 0 Å². The molecule has 0 aliphatic rings. The number of carboxylic acids is 1. The summed E-state index contributed by atoms with van der Waals surface area (Å²) in [6.45, 7) is 10.5. The molecule has 5 atom stereocenters. The second-order valence-corrected chi connectivity index (χ2v) is 8.88. The van der Waals surface area contributed by atoms with Gasteiger partial charge in [0, 0.05) is 0 Å². The minimum absolute atomic E-state index is 0.0453. The molecule has 0 saturated heterocycles. The van der Waals surface area contributed by atoms with Gasteiger partial charge >= 0.3 is 5.97 Å². The highest BCUT2D eigenvalue weighted by Gasteiger charge is 2.32. The lowest BCUT2D eigenvalue weighted by molar-refractivity contribution is -0.144. The Hall–Kier alpha value is -2.20. The maximum Gasteiger partial charge on any atom is 0.326 e. The first-order chi connectivity index (χ1) is 14.3. The second kappa shape index (κ2) is 14.0. The van der Waals surface area contributed by atoms with Gasteiger partial charge in [-0.15, -0.1) is 0 Å². The summed E-state index contributed by atoms with van der Waals surface area (Å²) in [4.78, 5) is 49.4. The largest absolute Gasteiger partial charge is 0.480 e. The highest BCUT2D eigenvalue weighted by molar-refractivity contribution is 5.94. The van der Waals surface area contributed by atoms with E-state index in [2.05, 4.69) is 16.0 Å². The van der Waals surface area contributed by atoms with Crippen molar-refractivity contribution in [3.63, 3.8) is 0 Å². The number of carbonyl (C=O) groups excluding carboxylic acids is 3. The van der Waals surface area contributed by atoms with E-state index >= 15 is 0 Å². The summed E-state index contributed by atoms with van der Waals surface area (Å²) in [5.41, 5.74) is 5.52. The summed E-state index contributed by atoms with van der Waals surface area (Å²) in [5.74, 6) is -3.15. The first kappa shape index (κ1) is 28.8. The molecule has 10 nitrogen and oxygen atoms in total. The fourth-order valence-corrected chi connectivity index (χ4v) is 2.98. The van der Waals surface area contributed by atoms with Crippen LogP contribution >= 0.6 is 0 Å². The molecule has 5 unspecified atom stereocenters. The summed E-state index contributed by atoms with van der Waals surface area (Å²) in [6, 6.07) is -4.14. The number of hydrogen-bond acceptors (Lipinski definition) is 6. The number of aliphatic hydroxyl groups excluding tert-OH is 1. The molecule has 0 aliphatic carbocycles. The molecular formula is C21H40N4O6. The van der Waals surface area contributed by atoms with Gasteiger partial charge in [0.2, 0.25) is 17.7 Å². The van der Waals surface area contributed by atoms with E-state index in [1.165, 1.54) is 0 Å². The fourth-order valence-electron chi connectivity index (χ4n) is 2.98. The molecule has 180 valence electrons. The smallest absolute Gasteiger partial charge is 0.326 e. The summed E-state index contributed by atoms with van der Waals surface area (Å²) in [6.07, 6.45) is 1.16. The van der Waals surface area contributed by atoms with E-state index in [4.69, 9.17) is 10.8 Å². The normalized spacial score (nSPS) is 16.2. The second-order valence-electron chi connectivity index (χ2n) is 8.88. The van der Waals surface area contributed by atoms with Crippen LogP contribution < -0.4 is 21.7 Å². The Morgan fingerprint density at radius 1 is 0.806 bits per heavy atom. The van der Waals surface area contributed by atoms with Crippen molar-refractivity contribution < 1.29 is 29.4 Å². The van der Waals surface area contributed by atoms with Crippen molar-refractivity contribution >= 4 is 23.7 Å². The number of aliphatic hydroxyl groups is 1. The summed E-state index contributed by atoms with van der Waals surface area (Å²) in [7, 11) is 0. The quantitative estimate of drug-likeness (QED) is 0.219.